The molecule has 1 aromatic rings. The molecule has 128 valence electrons. The minimum Gasteiger partial charge on any atom is -0.492 e. The third kappa shape index (κ3) is 5.06. The fourth-order valence-electron chi connectivity index (χ4n) is 2.59. The normalized spacial score (nSPS) is 19.3. The zero-order valence-corrected chi connectivity index (χ0v) is 13.1. The van der Waals surface area contributed by atoms with Crippen LogP contribution in [0.25, 0.3) is 0 Å². The number of carbonyl (C=O) groups is 1. The lowest BCUT2D eigenvalue weighted by Crippen LogP contribution is -2.48. The lowest BCUT2D eigenvalue weighted by molar-refractivity contribution is 0.0737. The third-order valence-electron chi connectivity index (χ3n) is 3.97. The Kier molecular flexibility index (Phi) is 6.15. The van der Waals surface area contributed by atoms with E-state index in [1.54, 1.807) is 11.8 Å². The van der Waals surface area contributed by atoms with Crippen molar-refractivity contribution < 1.29 is 23.4 Å². The molecule has 0 radical (unpaired) electrons. The van der Waals surface area contributed by atoms with Gasteiger partial charge in [-0.05, 0) is 31.9 Å². The van der Waals surface area contributed by atoms with Crippen molar-refractivity contribution in [3.63, 3.8) is 0 Å². The van der Waals surface area contributed by atoms with E-state index in [0.29, 0.717) is 13.1 Å². The highest BCUT2D eigenvalue weighted by Gasteiger charge is 2.26. The average Bonchev–Trinajstić information content (AvgIpc) is 2.54. The van der Waals surface area contributed by atoms with E-state index in [2.05, 4.69) is 5.32 Å². The van der Waals surface area contributed by atoms with Crippen molar-refractivity contribution in [2.75, 3.05) is 26.2 Å². The van der Waals surface area contributed by atoms with Gasteiger partial charge < -0.3 is 20.1 Å². The summed E-state index contributed by atoms with van der Waals surface area (Å²) in [4.78, 5) is 13.7. The molecule has 2 N–H and O–H groups in total. The van der Waals surface area contributed by atoms with Gasteiger partial charge in [-0.15, -0.1) is 0 Å². The zero-order valence-electron chi connectivity index (χ0n) is 13.1. The summed E-state index contributed by atoms with van der Waals surface area (Å²) >= 11 is 0. The molecule has 2 unspecified atom stereocenters. The van der Waals surface area contributed by atoms with E-state index in [1.165, 1.54) is 6.07 Å². The van der Waals surface area contributed by atoms with Crippen LogP contribution in [-0.4, -0.2) is 48.4 Å². The fraction of sp³-hybridized carbons (Fsp3) is 0.562. The first kappa shape index (κ1) is 17.5. The number of benzene rings is 1. The number of urea groups is 1. The number of ether oxygens (including phenoxy) is 1. The summed E-state index contributed by atoms with van der Waals surface area (Å²) in [7, 11) is 0. The van der Waals surface area contributed by atoms with Gasteiger partial charge in [0.2, 0.25) is 0 Å². The van der Waals surface area contributed by atoms with E-state index in [0.717, 1.165) is 25.0 Å². The van der Waals surface area contributed by atoms with Crippen LogP contribution in [0.1, 0.15) is 19.8 Å². The van der Waals surface area contributed by atoms with Crippen LogP contribution in [0.3, 0.4) is 0 Å². The predicted molar refractivity (Wildman–Crippen MR) is 81.2 cm³/mol. The molecule has 2 rings (SSSR count). The number of nitrogens with zero attached hydrogens (tertiary/aromatic N) is 1. The van der Waals surface area contributed by atoms with Gasteiger partial charge in [0.1, 0.15) is 12.4 Å². The van der Waals surface area contributed by atoms with Crippen molar-refractivity contribution >= 4 is 6.03 Å². The number of rotatable bonds is 5. The molecule has 1 saturated heterocycles. The second-order valence-electron chi connectivity index (χ2n) is 5.75. The van der Waals surface area contributed by atoms with Gasteiger partial charge in [-0.2, -0.15) is 0 Å². The van der Waals surface area contributed by atoms with Crippen LogP contribution < -0.4 is 10.1 Å². The lowest BCUT2D eigenvalue weighted by Gasteiger charge is -2.34. The maximum Gasteiger partial charge on any atom is 0.317 e. The summed E-state index contributed by atoms with van der Waals surface area (Å²) in [5.74, 6) is -1.58. The molecule has 2 amide bonds. The van der Waals surface area contributed by atoms with E-state index in [9.17, 15) is 18.7 Å². The standard InChI is InChI=1S/C16H22F2N2O3/c1-11(21)12-3-2-7-20(10-12)16(22)19-6-8-23-13-4-5-14(17)15(18)9-13/h4-5,9,11-12,21H,2-3,6-8,10H2,1H3,(H,19,22). The molecular weight excluding hydrogens is 306 g/mol. The summed E-state index contributed by atoms with van der Waals surface area (Å²) in [6.45, 7) is 3.35. The Morgan fingerprint density at radius 3 is 2.96 bits per heavy atom. The molecule has 1 heterocycles. The summed E-state index contributed by atoms with van der Waals surface area (Å²) in [5, 5.41) is 12.3. The number of hydrogen-bond donors (Lipinski definition) is 2. The Bertz CT molecular complexity index is 540. The molecule has 5 nitrogen and oxygen atoms in total. The van der Waals surface area contributed by atoms with Crippen molar-refractivity contribution in [2.24, 2.45) is 5.92 Å². The number of amides is 2. The minimum atomic E-state index is -0.969. The number of aliphatic hydroxyl groups excluding tert-OH is 1. The maximum atomic E-state index is 13.0. The molecule has 1 fully saturated rings. The number of hydrogen-bond acceptors (Lipinski definition) is 3. The fourth-order valence-corrected chi connectivity index (χ4v) is 2.59. The van der Waals surface area contributed by atoms with E-state index in [1.807, 2.05) is 0 Å². The first-order chi connectivity index (χ1) is 11.0. The quantitative estimate of drug-likeness (QED) is 0.814. The maximum absolute atomic E-state index is 13.0. The molecule has 1 aromatic carbocycles. The van der Waals surface area contributed by atoms with Gasteiger partial charge in [-0.25, -0.2) is 13.6 Å². The van der Waals surface area contributed by atoms with Crippen molar-refractivity contribution in [1.82, 2.24) is 10.2 Å². The minimum absolute atomic E-state index is 0.105. The van der Waals surface area contributed by atoms with Crippen molar-refractivity contribution in [2.45, 2.75) is 25.9 Å². The number of halogens is 2. The monoisotopic (exact) mass is 328 g/mol. The highest BCUT2D eigenvalue weighted by Crippen LogP contribution is 2.19. The number of aliphatic hydroxyl groups is 1. The Balaban J connectivity index is 1.71. The zero-order chi connectivity index (χ0) is 16.8. The predicted octanol–water partition coefficient (Wildman–Crippen LogP) is 2.15. The molecule has 0 spiro atoms. The van der Waals surface area contributed by atoms with E-state index in [4.69, 9.17) is 4.74 Å². The number of nitrogens with one attached hydrogen (secondary N) is 1. The van der Waals surface area contributed by atoms with E-state index >= 15 is 0 Å². The molecule has 23 heavy (non-hydrogen) atoms. The Morgan fingerprint density at radius 2 is 2.26 bits per heavy atom. The molecule has 0 saturated carbocycles. The van der Waals surface area contributed by atoms with Crippen LogP contribution in [-0.2, 0) is 0 Å². The summed E-state index contributed by atoms with van der Waals surface area (Å²) in [6, 6.07) is 3.09. The highest BCUT2D eigenvalue weighted by molar-refractivity contribution is 5.74. The topological polar surface area (TPSA) is 61.8 Å². The lowest BCUT2D eigenvalue weighted by atomic mass is 9.94. The van der Waals surface area contributed by atoms with Gasteiger partial charge in [0, 0.05) is 25.1 Å². The average molecular weight is 328 g/mol. The first-order valence-electron chi connectivity index (χ1n) is 7.76. The van der Waals surface area contributed by atoms with Crippen LogP contribution in [0.15, 0.2) is 18.2 Å². The van der Waals surface area contributed by atoms with E-state index in [-0.39, 0.29) is 30.9 Å². The second-order valence-corrected chi connectivity index (χ2v) is 5.75. The number of carbonyl (C=O) groups excluding carboxylic acids is 1. The highest BCUT2D eigenvalue weighted by atomic mass is 19.2. The van der Waals surface area contributed by atoms with Gasteiger partial charge in [0.05, 0.1) is 12.6 Å². The molecule has 0 aliphatic carbocycles. The molecule has 7 heteroatoms. The first-order valence-corrected chi connectivity index (χ1v) is 7.76. The molecule has 2 atom stereocenters. The van der Waals surface area contributed by atoms with Crippen LogP contribution in [0, 0.1) is 17.6 Å². The van der Waals surface area contributed by atoms with Crippen molar-refractivity contribution in [3.05, 3.63) is 29.8 Å². The van der Waals surface area contributed by atoms with Crippen LogP contribution >= 0.6 is 0 Å². The smallest absolute Gasteiger partial charge is 0.317 e. The van der Waals surface area contributed by atoms with Gasteiger partial charge in [-0.1, -0.05) is 0 Å². The van der Waals surface area contributed by atoms with Crippen molar-refractivity contribution in [3.8, 4) is 5.75 Å². The molecular formula is C16H22F2N2O3. The molecule has 1 aliphatic rings. The van der Waals surface area contributed by atoms with Crippen LogP contribution in [0.4, 0.5) is 13.6 Å². The summed E-state index contributed by atoms with van der Waals surface area (Å²) in [5.41, 5.74) is 0. The summed E-state index contributed by atoms with van der Waals surface area (Å²) < 4.78 is 31.0. The number of piperidine rings is 1. The Morgan fingerprint density at radius 1 is 1.48 bits per heavy atom. The second kappa shape index (κ2) is 8.10. The molecule has 0 bridgehead atoms. The Labute approximate surface area is 134 Å². The summed E-state index contributed by atoms with van der Waals surface area (Å²) in [6.07, 6.45) is 1.36. The van der Waals surface area contributed by atoms with Crippen LogP contribution in [0.2, 0.25) is 0 Å². The van der Waals surface area contributed by atoms with Crippen molar-refractivity contribution in [1.29, 1.82) is 0 Å². The van der Waals surface area contributed by atoms with Gasteiger partial charge in [-0.3, -0.25) is 0 Å². The SMILES string of the molecule is CC(O)C1CCCN(C(=O)NCCOc2ccc(F)c(F)c2)C1. The van der Waals surface area contributed by atoms with Gasteiger partial charge in [0.15, 0.2) is 11.6 Å². The van der Waals surface area contributed by atoms with Gasteiger partial charge in [0.25, 0.3) is 0 Å². The number of likely N-dealkylation sites (tertiary alicyclic amines) is 1. The molecule has 1 aliphatic heterocycles. The third-order valence-corrected chi connectivity index (χ3v) is 3.97. The molecule has 0 aromatic heterocycles. The Hall–Kier alpha value is -1.89. The largest absolute Gasteiger partial charge is 0.492 e. The van der Waals surface area contributed by atoms with Gasteiger partial charge >= 0.3 is 6.03 Å². The van der Waals surface area contributed by atoms with E-state index < -0.39 is 17.7 Å². The van der Waals surface area contributed by atoms with Crippen LogP contribution in [0.5, 0.6) is 5.75 Å².